The molecule has 0 radical (unpaired) electrons. The van der Waals surface area contributed by atoms with Crippen LogP contribution in [0.3, 0.4) is 0 Å². The molecule has 2 rings (SSSR count). The van der Waals surface area contributed by atoms with Crippen molar-refractivity contribution in [3.8, 4) is 0 Å². The van der Waals surface area contributed by atoms with Crippen molar-refractivity contribution in [1.82, 2.24) is 10.2 Å². The molecule has 0 aliphatic carbocycles. The van der Waals surface area contributed by atoms with Gasteiger partial charge in [0.05, 0.1) is 12.2 Å². The lowest BCUT2D eigenvalue weighted by Gasteiger charge is -2.32. The molecule has 2 aliphatic heterocycles. The number of hydrogen-bond acceptors (Lipinski definition) is 4. The third-order valence-electron chi connectivity index (χ3n) is 4.07. The number of likely N-dealkylation sites (tertiary alicyclic amines) is 1. The maximum atomic E-state index is 11.7. The summed E-state index contributed by atoms with van der Waals surface area (Å²) in [5, 5.41) is 3.58. The predicted molar refractivity (Wildman–Crippen MR) is 73.0 cm³/mol. The number of hydrogen-bond donors (Lipinski definition) is 1. The Bertz CT molecular complexity index is 290. The third-order valence-corrected chi connectivity index (χ3v) is 4.07. The summed E-state index contributed by atoms with van der Waals surface area (Å²) in [4.78, 5) is 13.6. The molecule has 19 heavy (non-hydrogen) atoms. The average Bonchev–Trinajstić information content (AvgIpc) is 2.83. The lowest BCUT2D eigenvalue weighted by atomic mass is 10.0. The highest BCUT2D eigenvalue weighted by molar-refractivity contribution is 5.77. The van der Waals surface area contributed by atoms with Crippen LogP contribution in [0.2, 0.25) is 0 Å². The van der Waals surface area contributed by atoms with Crippen LogP contribution in [0.1, 0.15) is 32.6 Å². The van der Waals surface area contributed by atoms with Gasteiger partial charge in [0, 0.05) is 32.8 Å². The Morgan fingerprint density at radius 3 is 2.63 bits per heavy atom. The van der Waals surface area contributed by atoms with Crippen LogP contribution in [0.4, 0.5) is 0 Å². The highest BCUT2D eigenvalue weighted by atomic mass is 16.5. The number of rotatable bonds is 5. The summed E-state index contributed by atoms with van der Waals surface area (Å²) >= 11 is 0. The van der Waals surface area contributed by atoms with Crippen LogP contribution in [-0.4, -0.2) is 62.4 Å². The van der Waals surface area contributed by atoms with Gasteiger partial charge in [-0.05, 0) is 32.6 Å². The number of carbonyl (C=O) groups is 1. The van der Waals surface area contributed by atoms with Crippen molar-refractivity contribution in [1.29, 1.82) is 0 Å². The van der Waals surface area contributed by atoms with E-state index in [1.165, 1.54) is 12.8 Å². The molecule has 2 fully saturated rings. The van der Waals surface area contributed by atoms with Crippen LogP contribution in [-0.2, 0) is 14.3 Å². The number of piperidine rings is 1. The molecule has 2 heterocycles. The predicted octanol–water partition coefficient (Wildman–Crippen LogP) is 0.781. The Hall–Kier alpha value is -0.650. The largest absolute Gasteiger partial charge is 0.375 e. The van der Waals surface area contributed by atoms with Gasteiger partial charge in [0.15, 0.2) is 0 Å². The number of carbonyl (C=O) groups excluding carboxylic acids is 1. The molecule has 0 aromatic heterocycles. The van der Waals surface area contributed by atoms with E-state index in [9.17, 15) is 4.79 Å². The van der Waals surface area contributed by atoms with Crippen LogP contribution >= 0.6 is 0 Å². The fraction of sp³-hybridized carbons (Fsp3) is 0.929. The minimum absolute atomic E-state index is 0.105. The second kappa shape index (κ2) is 7.22. The summed E-state index contributed by atoms with van der Waals surface area (Å²) in [5.74, 6) is 0.105. The van der Waals surface area contributed by atoms with Gasteiger partial charge in [-0.1, -0.05) is 0 Å². The molecule has 5 heteroatoms. The smallest absolute Gasteiger partial charge is 0.248 e. The molecule has 0 saturated carbocycles. The van der Waals surface area contributed by atoms with Crippen molar-refractivity contribution < 1.29 is 14.3 Å². The molecule has 2 atom stereocenters. The van der Waals surface area contributed by atoms with Gasteiger partial charge in [0.1, 0.15) is 6.61 Å². The molecule has 0 aromatic rings. The lowest BCUT2D eigenvalue weighted by molar-refractivity contribution is -0.136. The van der Waals surface area contributed by atoms with Gasteiger partial charge < -0.3 is 19.7 Å². The molecule has 1 amide bonds. The van der Waals surface area contributed by atoms with E-state index in [2.05, 4.69) is 12.2 Å². The van der Waals surface area contributed by atoms with Gasteiger partial charge in [0.25, 0.3) is 0 Å². The zero-order valence-electron chi connectivity index (χ0n) is 12.1. The zero-order valence-corrected chi connectivity index (χ0v) is 12.1. The van der Waals surface area contributed by atoms with Crippen LogP contribution in [0.15, 0.2) is 0 Å². The molecular weight excluding hydrogens is 244 g/mol. The summed E-state index contributed by atoms with van der Waals surface area (Å²) in [6, 6.07) is 0.520. The molecular formula is C14H26N2O3. The Kier molecular flexibility index (Phi) is 5.60. The van der Waals surface area contributed by atoms with Crippen LogP contribution in [0, 0.1) is 0 Å². The molecule has 110 valence electrons. The topological polar surface area (TPSA) is 50.8 Å². The molecule has 2 aliphatic rings. The first kappa shape index (κ1) is 14.8. The highest BCUT2D eigenvalue weighted by Crippen LogP contribution is 2.19. The quantitative estimate of drug-likeness (QED) is 0.802. The van der Waals surface area contributed by atoms with E-state index >= 15 is 0 Å². The summed E-state index contributed by atoms with van der Waals surface area (Å²) in [6.07, 6.45) is 5.19. The monoisotopic (exact) mass is 270 g/mol. The average molecular weight is 270 g/mol. The van der Waals surface area contributed by atoms with E-state index in [1.807, 2.05) is 4.90 Å². The van der Waals surface area contributed by atoms with Crippen molar-refractivity contribution >= 4 is 5.91 Å². The Morgan fingerprint density at radius 2 is 2.05 bits per heavy atom. The number of ether oxygens (including phenoxy) is 2. The van der Waals surface area contributed by atoms with E-state index in [1.54, 1.807) is 7.11 Å². The fourth-order valence-electron chi connectivity index (χ4n) is 2.88. The van der Waals surface area contributed by atoms with Gasteiger partial charge in [-0.15, -0.1) is 0 Å². The van der Waals surface area contributed by atoms with Crippen molar-refractivity contribution in [2.75, 3.05) is 33.4 Å². The van der Waals surface area contributed by atoms with Crippen molar-refractivity contribution in [3.05, 3.63) is 0 Å². The molecule has 5 nitrogen and oxygen atoms in total. The van der Waals surface area contributed by atoms with E-state index in [0.717, 1.165) is 32.5 Å². The van der Waals surface area contributed by atoms with Crippen LogP contribution in [0.25, 0.3) is 0 Å². The van der Waals surface area contributed by atoms with Gasteiger partial charge in [-0.25, -0.2) is 0 Å². The summed E-state index contributed by atoms with van der Waals surface area (Å²) < 4.78 is 10.7. The third kappa shape index (κ3) is 4.44. The molecule has 1 N–H and O–H groups in total. The first-order valence-electron chi connectivity index (χ1n) is 7.34. The Balaban J connectivity index is 1.62. The standard InChI is InChI=1S/C14H26N2O3/c1-11-3-4-13(19-11)9-15-12-5-7-16(8-6-12)14(17)10-18-2/h11-13,15H,3-10H2,1-2H3. The maximum Gasteiger partial charge on any atom is 0.248 e. The van der Waals surface area contributed by atoms with Gasteiger partial charge in [-0.2, -0.15) is 0 Å². The minimum atomic E-state index is 0.105. The first-order valence-corrected chi connectivity index (χ1v) is 7.34. The van der Waals surface area contributed by atoms with Gasteiger partial charge in [0.2, 0.25) is 5.91 Å². The van der Waals surface area contributed by atoms with E-state index in [0.29, 0.717) is 18.2 Å². The van der Waals surface area contributed by atoms with E-state index in [-0.39, 0.29) is 12.5 Å². The van der Waals surface area contributed by atoms with Gasteiger partial charge >= 0.3 is 0 Å². The Labute approximate surface area is 115 Å². The summed E-state index contributed by atoms with van der Waals surface area (Å²) in [5.41, 5.74) is 0. The second-order valence-electron chi connectivity index (χ2n) is 5.64. The lowest BCUT2D eigenvalue weighted by Crippen LogP contribution is -2.47. The minimum Gasteiger partial charge on any atom is -0.375 e. The first-order chi connectivity index (χ1) is 9.19. The van der Waals surface area contributed by atoms with Crippen molar-refractivity contribution in [2.45, 2.75) is 50.9 Å². The molecule has 2 saturated heterocycles. The normalized spacial score (nSPS) is 28.8. The molecule has 0 bridgehead atoms. The summed E-state index contributed by atoms with van der Waals surface area (Å²) in [6.45, 7) is 4.95. The van der Waals surface area contributed by atoms with E-state index in [4.69, 9.17) is 9.47 Å². The fourth-order valence-corrected chi connectivity index (χ4v) is 2.88. The molecule has 2 unspecified atom stereocenters. The zero-order chi connectivity index (χ0) is 13.7. The molecule has 0 aromatic carbocycles. The van der Waals surface area contributed by atoms with Crippen LogP contribution < -0.4 is 5.32 Å². The number of amides is 1. The van der Waals surface area contributed by atoms with E-state index < -0.39 is 0 Å². The number of methoxy groups -OCH3 is 1. The van der Waals surface area contributed by atoms with Crippen molar-refractivity contribution in [3.63, 3.8) is 0 Å². The highest BCUT2D eigenvalue weighted by Gasteiger charge is 2.25. The molecule has 0 spiro atoms. The van der Waals surface area contributed by atoms with Crippen molar-refractivity contribution in [2.24, 2.45) is 0 Å². The SMILES string of the molecule is COCC(=O)N1CCC(NCC2CCC(C)O2)CC1. The Morgan fingerprint density at radius 1 is 1.32 bits per heavy atom. The van der Waals surface area contributed by atoms with Gasteiger partial charge in [-0.3, -0.25) is 4.79 Å². The van der Waals surface area contributed by atoms with Crippen LogP contribution in [0.5, 0.6) is 0 Å². The number of nitrogens with one attached hydrogen (secondary N) is 1. The number of nitrogens with zero attached hydrogens (tertiary/aromatic N) is 1. The second-order valence-corrected chi connectivity index (χ2v) is 5.64. The maximum absolute atomic E-state index is 11.7. The summed E-state index contributed by atoms with van der Waals surface area (Å²) in [7, 11) is 1.56.